The summed E-state index contributed by atoms with van der Waals surface area (Å²) in [6.07, 6.45) is 5.71. The average Bonchev–Trinajstić information content (AvgIpc) is 3.16. The van der Waals surface area contributed by atoms with Crippen LogP contribution in [-0.2, 0) is 25.6 Å². The standard InChI is InChI=1S/C19H25N5/c1-19(2,3)17-16(13-22-23-17)12-20-11-14-6-5-7-15(10-14)18-21-8-9-24(18)4/h5-10,13,20H,11-12H2,1-4H3,(H,22,23). The predicted molar refractivity (Wildman–Crippen MR) is 96.5 cm³/mol. The van der Waals surface area contributed by atoms with Crippen molar-refractivity contribution >= 4 is 0 Å². The van der Waals surface area contributed by atoms with E-state index in [2.05, 4.69) is 65.5 Å². The van der Waals surface area contributed by atoms with E-state index in [0.717, 1.165) is 24.5 Å². The highest BCUT2D eigenvalue weighted by atomic mass is 15.1. The molecule has 0 radical (unpaired) electrons. The van der Waals surface area contributed by atoms with Gasteiger partial charge in [0.05, 0.1) is 6.20 Å². The van der Waals surface area contributed by atoms with Crippen LogP contribution in [0.2, 0.25) is 0 Å². The molecular formula is C19H25N5. The largest absolute Gasteiger partial charge is 0.334 e. The molecule has 0 aliphatic heterocycles. The molecule has 0 atom stereocenters. The molecule has 0 aliphatic carbocycles. The van der Waals surface area contributed by atoms with Crippen LogP contribution < -0.4 is 5.32 Å². The zero-order valence-electron chi connectivity index (χ0n) is 14.8. The molecule has 0 saturated heterocycles. The van der Waals surface area contributed by atoms with E-state index in [0.29, 0.717) is 0 Å². The van der Waals surface area contributed by atoms with E-state index in [4.69, 9.17) is 0 Å². The van der Waals surface area contributed by atoms with Crippen LogP contribution >= 0.6 is 0 Å². The maximum Gasteiger partial charge on any atom is 0.139 e. The Bertz CT molecular complexity index is 807. The van der Waals surface area contributed by atoms with Crippen molar-refractivity contribution in [1.82, 2.24) is 25.1 Å². The second-order valence-electron chi connectivity index (χ2n) is 7.19. The quantitative estimate of drug-likeness (QED) is 0.756. The van der Waals surface area contributed by atoms with E-state index < -0.39 is 0 Å². The fourth-order valence-corrected chi connectivity index (χ4v) is 2.90. The van der Waals surface area contributed by atoms with E-state index in [1.807, 2.05) is 30.2 Å². The van der Waals surface area contributed by atoms with Gasteiger partial charge in [-0.2, -0.15) is 5.10 Å². The number of H-pyrrole nitrogens is 1. The van der Waals surface area contributed by atoms with Gasteiger partial charge in [-0.15, -0.1) is 0 Å². The van der Waals surface area contributed by atoms with Crippen molar-refractivity contribution in [2.75, 3.05) is 0 Å². The van der Waals surface area contributed by atoms with Crippen molar-refractivity contribution in [1.29, 1.82) is 0 Å². The first kappa shape index (κ1) is 16.5. The highest BCUT2D eigenvalue weighted by Gasteiger charge is 2.19. The maximum atomic E-state index is 4.42. The Morgan fingerprint density at radius 1 is 1.21 bits per heavy atom. The SMILES string of the molecule is Cn1ccnc1-c1cccc(CNCc2cn[nH]c2C(C)(C)C)c1. The number of imidazole rings is 1. The van der Waals surface area contributed by atoms with Gasteiger partial charge in [0.2, 0.25) is 0 Å². The van der Waals surface area contributed by atoms with Crippen LogP contribution in [0, 0.1) is 0 Å². The summed E-state index contributed by atoms with van der Waals surface area (Å²) in [6.45, 7) is 8.20. The normalized spacial score (nSPS) is 11.8. The number of nitrogens with one attached hydrogen (secondary N) is 2. The summed E-state index contributed by atoms with van der Waals surface area (Å²) >= 11 is 0. The monoisotopic (exact) mass is 323 g/mol. The van der Waals surface area contributed by atoms with Gasteiger partial charge in [-0.3, -0.25) is 5.10 Å². The lowest BCUT2D eigenvalue weighted by atomic mass is 9.89. The molecule has 5 nitrogen and oxygen atoms in total. The molecule has 0 bridgehead atoms. The van der Waals surface area contributed by atoms with Crippen LogP contribution in [0.5, 0.6) is 0 Å². The first-order valence-electron chi connectivity index (χ1n) is 8.25. The Balaban J connectivity index is 1.66. The summed E-state index contributed by atoms with van der Waals surface area (Å²) in [5.41, 5.74) is 4.88. The first-order valence-corrected chi connectivity index (χ1v) is 8.25. The fourth-order valence-electron chi connectivity index (χ4n) is 2.90. The number of hydrogen-bond acceptors (Lipinski definition) is 3. The summed E-state index contributed by atoms with van der Waals surface area (Å²) in [6, 6.07) is 8.51. The molecule has 0 fully saturated rings. The van der Waals surface area contributed by atoms with Crippen LogP contribution in [0.1, 0.15) is 37.6 Å². The third-order valence-corrected chi connectivity index (χ3v) is 4.12. The number of aromatic amines is 1. The van der Waals surface area contributed by atoms with Gasteiger partial charge in [-0.25, -0.2) is 4.98 Å². The topological polar surface area (TPSA) is 58.5 Å². The van der Waals surface area contributed by atoms with Crippen molar-refractivity contribution < 1.29 is 0 Å². The molecule has 2 aromatic heterocycles. The second-order valence-corrected chi connectivity index (χ2v) is 7.19. The van der Waals surface area contributed by atoms with Crippen LogP contribution in [0.3, 0.4) is 0 Å². The molecule has 0 aliphatic rings. The van der Waals surface area contributed by atoms with Crippen molar-refractivity contribution in [2.45, 2.75) is 39.3 Å². The Hall–Kier alpha value is -2.40. The molecule has 0 saturated carbocycles. The van der Waals surface area contributed by atoms with Gasteiger partial charge in [0, 0.05) is 54.8 Å². The Kier molecular flexibility index (Phi) is 4.53. The first-order chi connectivity index (χ1) is 11.4. The number of hydrogen-bond donors (Lipinski definition) is 2. The van der Waals surface area contributed by atoms with E-state index in [-0.39, 0.29) is 5.41 Å². The summed E-state index contributed by atoms with van der Waals surface area (Å²) in [5.74, 6) is 0.988. The highest BCUT2D eigenvalue weighted by Crippen LogP contribution is 2.23. The number of aromatic nitrogens is 4. The number of benzene rings is 1. The summed E-state index contributed by atoms with van der Waals surface area (Å²) in [4.78, 5) is 4.42. The van der Waals surface area contributed by atoms with E-state index in [9.17, 15) is 0 Å². The van der Waals surface area contributed by atoms with Gasteiger partial charge in [-0.1, -0.05) is 39.0 Å². The Morgan fingerprint density at radius 2 is 2.04 bits per heavy atom. The second kappa shape index (κ2) is 6.61. The predicted octanol–water partition coefficient (Wildman–Crippen LogP) is 3.40. The minimum atomic E-state index is 0.0750. The molecular weight excluding hydrogens is 298 g/mol. The Morgan fingerprint density at radius 3 is 2.75 bits per heavy atom. The zero-order valence-corrected chi connectivity index (χ0v) is 14.8. The van der Waals surface area contributed by atoms with Crippen molar-refractivity contribution in [3.05, 3.63) is 59.7 Å². The lowest BCUT2D eigenvalue weighted by molar-refractivity contribution is 0.553. The number of rotatable bonds is 5. The molecule has 0 spiro atoms. The fraction of sp³-hybridized carbons (Fsp3) is 0.368. The zero-order chi connectivity index (χ0) is 17.2. The lowest BCUT2D eigenvalue weighted by Gasteiger charge is -2.18. The molecule has 3 rings (SSSR count). The summed E-state index contributed by atoms with van der Waals surface area (Å²) in [5, 5.41) is 10.8. The van der Waals surface area contributed by atoms with Crippen LogP contribution in [0.25, 0.3) is 11.4 Å². The molecule has 1 aromatic carbocycles. The number of aryl methyl sites for hydroxylation is 1. The maximum absolute atomic E-state index is 4.42. The molecule has 5 heteroatoms. The van der Waals surface area contributed by atoms with Crippen LogP contribution in [-0.4, -0.2) is 19.7 Å². The van der Waals surface area contributed by atoms with E-state index in [1.165, 1.54) is 16.8 Å². The van der Waals surface area contributed by atoms with Crippen molar-refractivity contribution in [2.24, 2.45) is 7.05 Å². The Labute approximate surface area is 143 Å². The van der Waals surface area contributed by atoms with Gasteiger partial charge in [0.25, 0.3) is 0 Å². The summed E-state index contributed by atoms with van der Waals surface area (Å²) < 4.78 is 2.04. The van der Waals surface area contributed by atoms with E-state index in [1.54, 1.807) is 0 Å². The minimum Gasteiger partial charge on any atom is -0.334 e. The molecule has 0 unspecified atom stereocenters. The third kappa shape index (κ3) is 3.57. The molecule has 0 amide bonds. The van der Waals surface area contributed by atoms with Gasteiger partial charge >= 0.3 is 0 Å². The smallest absolute Gasteiger partial charge is 0.139 e. The number of nitrogens with zero attached hydrogens (tertiary/aromatic N) is 3. The average molecular weight is 323 g/mol. The van der Waals surface area contributed by atoms with Crippen LogP contribution in [0.15, 0.2) is 42.9 Å². The van der Waals surface area contributed by atoms with Crippen molar-refractivity contribution in [3.63, 3.8) is 0 Å². The van der Waals surface area contributed by atoms with Gasteiger partial charge in [-0.05, 0) is 11.6 Å². The molecule has 2 N–H and O–H groups in total. The third-order valence-electron chi connectivity index (χ3n) is 4.12. The molecule has 126 valence electrons. The van der Waals surface area contributed by atoms with Gasteiger partial charge < -0.3 is 9.88 Å². The van der Waals surface area contributed by atoms with Gasteiger partial charge in [0.1, 0.15) is 5.82 Å². The van der Waals surface area contributed by atoms with Gasteiger partial charge in [0.15, 0.2) is 0 Å². The molecule has 24 heavy (non-hydrogen) atoms. The molecule has 2 heterocycles. The summed E-state index contributed by atoms with van der Waals surface area (Å²) in [7, 11) is 2.01. The van der Waals surface area contributed by atoms with Crippen LogP contribution in [0.4, 0.5) is 0 Å². The van der Waals surface area contributed by atoms with Crippen molar-refractivity contribution in [3.8, 4) is 11.4 Å². The lowest BCUT2D eigenvalue weighted by Crippen LogP contribution is -2.19. The minimum absolute atomic E-state index is 0.0750. The molecule has 3 aromatic rings. The highest BCUT2D eigenvalue weighted by molar-refractivity contribution is 5.56. The van der Waals surface area contributed by atoms with E-state index >= 15 is 0 Å².